The van der Waals surface area contributed by atoms with Crippen LogP contribution in [0.2, 0.25) is 0 Å². The Morgan fingerprint density at radius 1 is 1.21 bits per heavy atom. The molecule has 9 nitrogen and oxygen atoms in total. The molecule has 1 aliphatic rings. The predicted octanol–water partition coefficient (Wildman–Crippen LogP) is 1.99. The van der Waals surface area contributed by atoms with Gasteiger partial charge in [0.05, 0.1) is 25.8 Å². The number of carbonyl (C=O) groups excluding carboxylic acids is 1. The van der Waals surface area contributed by atoms with Crippen LogP contribution in [0.15, 0.2) is 64.7 Å². The maximum absolute atomic E-state index is 12.2. The second-order valence-corrected chi connectivity index (χ2v) is 7.51. The molecule has 0 spiro atoms. The zero-order valence-corrected chi connectivity index (χ0v) is 18.9. The highest BCUT2D eigenvalue weighted by atomic mass is 16.5. The van der Waals surface area contributed by atoms with Crippen LogP contribution in [0.25, 0.3) is 0 Å². The summed E-state index contributed by atoms with van der Waals surface area (Å²) in [6.07, 6.45) is 4.97. The summed E-state index contributed by atoms with van der Waals surface area (Å²) in [4.78, 5) is 31.2. The molecule has 174 valence electrons. The first-order chi connectivity index (χ1) is 16.1. The molecule has 2 aromatic rings. The largest absolute Gasteiger partial charge is 0.495 e. The number of hydrogen-bond acceptors (Lipinski definition) is 7. The van der Waals surface area contributed by atoms with Gasteiger partial charge in [0, 0.05) is 38.6 Å². The van der Waals surface area contributed by atoms with Crippen molar-refractivity contribution in [2.75, 3.05) is 39.5 Å². The van der Waals surface area contributed by atoms with Crippen LogP contribution in [0.1, 0.15) is 23.9 Å². The molecule has 1 aromatic carbocycles. The molecule has 0 atom stereocenters. The van der Waals surface area contributed by atoms with Gasteiger partial charge in [-0.05, 0) is 24.8 Å². The Labute approximate surface area is 194 Å². The molecule has 0 unspecified atom stereocenters. The highest BCUT2D eigenvalue weighted by molar-refractivity contribution is 5.98. The van der Waals surface area contributed by atoms with Crippen molar-refractivity contribution in [1.82, 2.24) is 20.2 Å². The van der Waals surface area contributed by atoms with E-state index in [-0.39, 0.29) is 18.2 Å². The number of allylic oxidation sites excluding steroid dienone is 1. The Hall–Kier alpha value is -3.43. The van der Waals surface area contributed by atoms with Crippen molar-refractivity contribution in [1.29, 1.82) is 0 Å². The summed E-state index contributed by atoms with van der Waals surface area (Å²) in [7, 11) is 0. The van der Waals surface area contributed by atoms with Gasteiger partial charge in [0.25, 0.3) is 0 Å². The van der Waals surface area contributed by atoms with Gasteiger partial charge in [-0.15, -0.1) is 0 Å². The molecule has 1 N–H and O–H groups in total. The number of aromatic nitrogens is 2. The van der Waals surface area contributed by atoms with Gasteiger partial charge >= 0.3 is 0 Å². The van der Waals surface area contributed by atoms with E-state index in [0.717, 1.165) is 38.4 Å². The molecule has 1 fully saturated rings. The average molecular weight is 451 g/mol. The van der Waals surface area contributed by atoms with Crippen LogP contribution < -0.4 is 5.32 Å². The molecule has 3 rings (SSSR count). The number of carbonyl (C=O) groups is 1. The molecule has 2 heterocycles. The maximum atomic E-state index is 12.2. The van der Waals surface area contributed by atoms with Crippen LogP contribution in [0.5, 0.6) is 0 Å². The van der Waals surface area contributed by atoms with Crippen molar-refractivity contribution in [2.24, 2.45) is 9.98 Å². The van der Waals surface area contributed by atoms with Gasteiger partial charge in [0.15, 0.2) is 11.7 Å². The normalized spacial score (nSPS) is 15.2. The lowest BCUT2D eigenvalue weighted by molar-refractivity contribution is -0.120. The molecular formula is C24H30N6O3. The summed E-state index contributed by atoms with van der Waals surface area (Å²) in [5.41, 5.74) is 1.75. The molecule has 0 bridgehead atoms. The fourth-order valence-electron chi connectivity index (χ4n) is 3.13. The van der Waals surface area contributed by atoms with E-state index in [2.05, 4.69) is 36.9 Å². The minimum atomic E-state index is -0.0984. The van der Waals surface area contributed by atoms with Crippen LogP contribution >= 0.6 is 0 Å². The molecule has 0 radical (unpaired) electrons. The van der Waals surface area contributed by atoms with Crippen LogP contribution in [0.4, 0.5) is 0 Å². The first kappa shape index (κ1) is 24.2. The molecular weight excluding hydrogens is 420 g/mol. The second-order valence-electron chi connectivity index (χ2n) is 7.51. The van der Waals surface area contributed by atoms with Gasteiger partial charge in [0.2, 0.25) is 5.91 Å². The number of morpholine rings is 1. The molecule has 0 saturated carbocycles. The van der Waals surface area contributed by atoms with Gasteiger partial charge in [-0.1, -0.05) is 30.3 Å². The quantitative estimate of drug-likeness (QED) is 0.338. The zero-order valence-electron chi connectivity index (χ0n) is 18.9. The SMILES string of the molecule is C=NC(=N/C=C(\C)OCCN1CCOCC1)c1ncc(CC(=O)NCc2ccccc2)cn1. The fourth-order valence-corrected chi connectivity index (χ4v) is 3.13. The zero-order chi connectivity index (χ0) is 23.3. The highest BCUT2D eigenvalue weighted by Crippen LogP contribution is 2.04. The van der Waals surface area contributed by atoms with Gasteiger partial charge in [-0.2, -0.15) is 0 Å². The van der Waals surface area contributed by atoms with Gasteiger partial charge in [-0.3, -0.25) is 9.69 Å². The third kappa shape index (κ3) is 8.55. The molecule has 1 aromatic heterocycles. The van der Waals surface area contributed by atoms with E-state index in [9.17, 15) is 4.79 Å². The topological polar surface area (TPSA) is 101 Å². The lowest BCUT2D eigenvalue weighted by Gasteiger charge is -2.26. The lowest BCUT2D eigenvalue weighted by Crippen LogP contribution is -2.38. The molecule has 33 heavy (non-hydrogen) atoms. The third-order valence-corrected chi connectivity index (χ3v) is 4.96. The van der Waals surface area contributed by atoms with Crippen LogP contribution in [-0.2, 0) is 27.2 Å². The number of amidine groups is 1. The van der Waals surface area contributed by atoms with Gasteiger partial charge in [0.1, 0.15) is 12.4 Å². The van der Waals surface area contributed by atoms with E-state index in [1.54, 1.807) is 18.6 Å². The monoisotopic (exact) mass is 450 g/mol. The summed E-state index contributed by atoms with van der Waals surface area (Å²) in [6.45, 7) is 10.7. The van der Waals surface area contributed by atoms with Crippen molar-refractivity contribution in [3.63, 3.8) is 0 Å². The molecule has 0 aliphatic carbocycles. The van der Waals surface area contributed by atoms with E-state index in [1.165, 1.54) is 0 Å². The Morgan fingerprint density at radius 2 is 1.94 bits per heavy atom. The number of nitrogens with one attached hydrogen (secondary N) is 1. The van der Waals surface area contributed by atoms with Gasteiger partial charge < -0.3 is 14.8 Å². The van der Waals surface area contributed by atoms with E-state index >= 15 is 0 Å². The number of nitrogens with zero attached hydrogens (tertiary/aromatic N) is 5. The Balaban J connectivity index is 1.47. The van der Waals surface area contributed by atoms with Crippen molar-refractivity contribution in [2.45, 2.75) is 19.9 Å². The minimum Gasteiger partial charge on any atom is -0.495 e. The van der Waals surface area contributed by atoms with E-state index in [1.807, 2.05) is 37.3 Å². The van der Waals surface area contributed by atoms with Crippen LogP contribution in [0, 0.1) is 0 Å². The Kier molecular flexibility index (Phi) is 9.68. The number of aliphatic imine (C=N–C) groups is 2. The smallest absolute Gasteiger partial charge is 0.224 e. The van der Waals surface area contributed by atoms with Crippen molar-refractivity contribution in [3.05, 3.63) is 71.6 Å². The average Bonchev–Trinajstić information content (AvgIpc) is 2.85. The van der Waals surface area contributed by atoms with Crippen LogP contribution in [-0.4, -0.2) is 72.8 Å². The number of amides is 1. The fraction of sp³-hybridized carbons (Fsp3) is 0.375. The van der Waals surface area contributed by atoms with Crippen molar-refractivity contribution in [3.8, 4) is 0 Å². The van der Waals surface area contributed by atoms with E-state index < -0.39 is 0 Å². The second kappa shape index (κ2) is 13.2. The molecule has 9 heteroatoms. The predicted molar refractivity (Wildman–Crippen MR) is 127 cm³/mol. The van der Waals surface area contributed by atoms with E-state index in [0.29, 0.717) is 30.3 Å². The summed E-state index contributed by atoms with van der Waals surface area (Å²) in [6, 6.07) is 9.75. The number of hydrogen-bond donors (Lipinski definition) is 1. The summed E-state index contributed by atoms with van der Waals surface area (Å²) in [5, 5.41) is 2.89. The summed E-state index contributed by atoms with van der Waals surface area (Å²) < 4.78 is 11.1. The summed E-state index contributed by atoms with van der Waals surface area (Å²) in [5.74, 6) is 1.18. The van der Waals surface area contributed by atoms with Crippen LogP contribution in [0.3, 0.4) is 0 Å². The van der Waals surface area contributed by atoms with Crippen molar-refractivity contribution >= 4 is 18.5 Å². The molecule has 1 aliphatic heterocycles. The number of benzene rings is 1. The van der Waals surface area contributed by atoms with Crippen molar-refractivity contribution < 1.29 is 14.3 Å². The first-order valence-electron chi connectivity index (χ1n) is 10.9. The Morgan fingerprint density at radius 3 is 2.64 bits per heavy atom. The van der Waals surface area contributed by atoms with E-state index in [4.69, 9.17) is 9.47 Å². The van der Waals surface area contributed by atoms with Gasteiger partial charge in [-0.25, -0.2) is 20.0 Å². The third-order valence-electron chi connectivity index (χ3n) is 4.96. The lowest BCUT2D eigenvalue weighted by atomic mass is 10.2. The maximum Gasteiger partial charge on any atom is 0.224 e. The number of ether oxygens (including phenoxy) is 2. The molecule has 1 saturated heterocycles. The summed E-state index contributed by atoms with van der Waals surface area (Å²) >= 11 is 0. The Bertz CT molecular complexity index is 954. The minimum absolute atomic E-state index is 0.0984. The highest BCUT2D eigenvalue weighted by Gasteiger charge is 2.10. The first-order valence-corrected chi connectivity index (χ1v) is 10.9. The standard InChI is InChI=1S/C24H30N6O3/c1-19(33-13-10-30-8-11-32-12-9-30)15-27-23(25-2)24-28-17-21(18-29-24)14-22(31)26-16-20-6-4-3-5-7-20/h3-7,15,17-18H,2,8-14,16H2,1H3,(H,26,31)/b19-15+,27-23?. The molecule has 1 amide bonds. The number of rotatable bonds is 10.